The standard InChI is InChI=1S/C28H23N7O5/c1-4-34-24-20(12-15(2)31-23(24)26(37)32-18-7-5-6-17(13-18)25(30)36)27(38)35(34)19-10-8-16(9-11-19)22-21(14-29)40-33(3)28(22)39/h5-13H,4H2,1-3H3,(H2,30,36)(H,32,37). The van der Waals surface area contributed by atoms with Crippen LogP contribution in [0.15, 0.2) is 68.7 Å². The van der Waals surface area contributed by atoms with Gasteiger partial charge in [-0.15, -0.1) is 0 Å². The van der Waals surface area contributed by atoms with Crippen LogP contribution in [-0.2, 0) is 13.6 Å². The molecule has 0 fully saturated rings. The summed E-state index contributed by atoms with van der Waals surface area (Å²) < 4.78 is 9.24. The summed E-state index contributed by atoms with van der Waals surface area (Å²) >= 11 is 0. The van der Waals surface area contributed by atoms with Gasteiger partial charge in [-0.2, -0.15) is 10.0 Å². The largest absolute Gasteiger partial charge is 0.366 e. The van der Waals surface area contributed by atoms with Crippen LogP contribution in [0.1, 0.15) is 39.2 Å². The third-order valence-corrected chi connectivity index (χ3v) is 6.42. The predicted molar refractivity (Wildman–Crippen MR) is 146 cm³/mol. The molecule has 0 radical (unpaired) electrons. The molecule has 0 aliphatic heterocycles. The van der Waals surface area contributed by atoms with Crippen molar-refractivity contribution >= 4 is 28.4 Å². The minimum absolute atomic E-state index is 0.0364. The maximum absolute atomic E-state index is 13.6. The van der Waals surface area contributed by atoms with E-state index in [2.05, 4.69) is 10.3 Å². The van der Waals surface area contributed by atoms with Gasteiger partial charge in [-0.05, 0) is 55.8 Å². The highest BCUT2D eigenvalue weighted by molar-refractivity contribution is 6.11. The Morgan fingerprint density at radius 3 is 2.48 bits per heavy atom. The summed E-state index contributed by atoms with van der Waals surface area (Å²) in [5.41, 5.74) is 7.01. The van der Waals surface area contributed by atoms with Gasteiger partial charge in [-0.1, -0.05) is 18.2 Å². The predicted octanol–water partition coefficient (Wildman–Crippen LogP) is 2.70. The van der Waals surface area contributed by atoms with Gasteiger partial charge in [0.1, 0.15) is 17.1 Å². The number of nitriles is 1. The number of nitrogens with one attached hydrogen (secondary N) is 1. The van der Waals surface area contributed by atoms with E-state index in [9.17, 15) is 24.4 Å². The van der Waals surface area contributed by atoms with Gasteiger partial charge in [0, 0.05) is 30.5 Å². The molecule has 0 bridgehead atoms. The summed E-state index contributed by atoms with van der Waals surface area (Å²) in [6, 6.07) is 16.2. The zero-order chi connectivity index (χ0) is 28.7. The molecule has 0 unspecified atom stereocenters. The maximum Gasteiger partial charge on any atom is 0.291 e. The average molecular weight is 538 g/mol. The van der Waals surface area contributed by atoms with Gasteiger partial charge in [0.25, 0.3) is 17.0 Å². The van der Waals surface area contributed by atoms with Gasteiger partial charge < -0.3 is 15.6 Å². The van der Waals surface area contributed by atoms with Crippen LogP contribution in [0.3, 0.4) is 0 Å². The fraction of sp³-hybridized carbons (Fsp3) is 0.143. The second-order valence-electron chi connectivity index (χ2n) is 9.00. The van der Waals surface area contributed by atoms with Crippen LogP contribution in [0.2, 0.25) is 0 Å². The van der Waals surface area contributed by atoms with Gasteiger partial charge in [0.05, 0.1) is 11.1 Å². The van der Waals surface area contributed by atoms with Crippen molar-refractivity contribution in [2.45, 2.75) is 20.4 Å². The minimum Gasteiger partial charge on any atom is -0.366 e. The molecule has 12 nitrogen and oxygen atoms in total. The number of carbonyl (C=O) groups is 2. The fourth-order valence-electron chi connectivity index (χ4n) is 4.65. The summed E-state index contributed by atoms with van der Waals surface area (Å²) in [6.07, 6.45) is 0. The molecule has 0 atom stereocenters. The Labute approximate surface area is 226 Å². The topological polar surface area (TPSA) is 171 Å². The zero-order valence-corrected chi connectivity index (χ0v) is 21.8. The van der Waals surface area contributed by atoms with Crippen molar-refractivity contribution in [3.63, 3.8) is 0 Å². The first kappa shape index (κ1) is 25.9. The first-order valence-electron chi connectivity index (χ1n) is 12.2. The Morgan fingerprint density at radius 1 is 1.10 bits per heavy atom. The number of anilines is 1. The van der Waals surface area contributed by atoms with Crippen molar-refractivity contribution in [2.24, 2.45) is 12.8 Å². The number of pyridine rings is 1. The SMILES string of the molecule is CCn1c2c(C(=O)Nc3cccc(C(N)=O)c3)nc(C)cc2c(=O)n1-c1ccc(-c2c(C#N)on(C)c2=O)cc1. The van der Waals surface area contributed by atoms with Crippen molar-refractivity contribution < 1.29 is 14.1 Å². The van der Waals surface area contributed by atoms with Gasteiger partial charge in [0.15, 0.2) is 5.69 Å². The lowest BCUT2D eigenvalue weighted by atomic mass is 10.1. The lowest BCUT2D eigenvalue weighted by molar-refractivity contribution is 0.0995. The number of fused-ring (bicyclic) bond motifs is 1. The van der Waals surface area contributed by atoms with Crippen LogP contribution in [0.25, 0.3) is 27.7 Å². The second kappa shape index (κ2) is 9.88. The molecule has 0 aliphatic rings. The Kier molecular flexibility index (Phi) is 6.40. The number of primary amides is 1. The summed E-state index contributed by atoms with van der Waals surface area (Å²) in [7, 11) is 1.42. The molecule has 5 rings (SSSR count). The highest BCUT2D eigenvalue weighted by Gasteiger charge is 2.23. The van der Waals surface area contributed by atoms with Crippen molar-refractivity contribution in [2.75, 3.05) is 5.32 Å². The highest BCUT2D eigenvalue weighted by atomic mass is 16.5. The fourth-order valence-corrected chi connectivity index (χ4v) is 4.65. The van der Waals surface area contributed by atoms with Gasteiger partial charge in [0.2, 0.25) is 11.7 Å². The molecule has 40 heavy (non-hydrogen) atoms. The highest BCUT2D eigenvalue weighted by Crippen LogP contribution is 2.24. The van der Waals surface area contributed by atoms with E-state index in [1.165, 1.54) is 23.9 Å². The zero-order valence-electron chi connectivity index (χ0n) is 21.8. The number of hydrogen-bond acceptors (Lipinski definition) is 7. The number of nitrogens with two attached hydrogens (primary N) is 1. The molecule has 3 aromatic heterocycles. The number of benzene rings is 2. The lowest BCUT2D eigenvalue weighted by Crippen LogP contribution is -2.21. The van der Waals surface area contributed by atoms with E-state index >= 15 is 0 Å². The van der Waals surface area contributed by atoms with E-state index in [-0.39, 0.29) is 28.1 Å². The van der Waals surface area contributed by atoms with Crippen LogP contribution in [0, 0.1) is 18.3 Å². The van der Waals surface area contributed by atoms with Crippen LogP contribution in [0.4, 0.5) is 5.69 Å². The quantitative estimate of drug-likeness (QED) is 0.335. The summed E-state index contributed by atoms with van der Waals surface area (Å²) in [4.78, 5) is 55.5. The van der Waals surface area contributed by atoms with Gasteiger partial charge in [-0.25, -0.2) is 9.67 Å². The van der Waals surface area contributed by atoms with Crippen LogP contribution >= 0.6 is 0 Å². The Balaban J connectivity index is 1.62. The molecule has 0 aliphatic carbocycles. The van der Waals surface area contributed by atoms with E-state index in [1.54, 1.807) is 54.1 Å². The first-order valence-corrected chi connectivity index (χ1v) is 12.2. The van der Waals surface area contributed by atoms with Gasteiger partial charge in [-0.3, -0.25) is 23.9 Å². The minimum atomic E-state index is -0.632. The van der Waals surface area contributed by atoms with Crippen molar-refractivity contribution in [3.05, 3.63) is 98.0 Å². The normalized spacial score (nSPS) is 10.9. The molecule has 200 valence electrons. The molecule has 5 aromatic rings. The monoisotopic (exact) mass is 537 g/mol. The Morgan fingerprint density at radius 2 is 1.82 bits per heavy atom. The van der Waals surface area contributed by atoms with Crippen molar-refractivity contribution in [1.29, 1.82) is 5.26 Å². The number of aryl methyl sites for hydroxylation is 3. The molecule has 0 saturated carbocycles. The molecular weight excluding hydrogens is 514 g/mol. The molecule has 0 saturated heterocycles. The molecule has 12 heteroatoms. The lowest BCUT2D eigenvalue weighted by Gasteiger charge is -2.13. The van der Waals surface area contributed by atoms with Crippen molar-refractivity contribution in [1.82, 2.24) is 19.1 Å². The van der Waals surface area contributed by atoms with E-state index in [0.29, 0.717) is 40.1 Å². The number of nitrogens with zero attached hydrogens (tertiary/aromatic N) is 5. The molecule has 2 amide bonds. The van der Waals surface area contributed by atoms with Crippen LogP contribution < -0.4 is 22.2 Å². The maximum atomic E-state index is 13.6. The molecule has 2 aromatic carbocycles. The number of hydrogen-bond donors (Lipinski definition) is 2. The van der Waals surface area contributed by atoms with Crippen LogP contribution in [0.5, 0.6) is 0 Å². The van der Waals surface area contributed by atoms with Crippen LogP contribution in [-0.4, -0.2) is 30.9 Å². The number of aromatic nitrogens is 4. The Bertz CT molecular complexity index is 1980. The number of amides is 2. The summed E-state index contributed by atoms with van der Waals surface area (Å²) in [6.45, 7) is 3.84. The Hall–Kier alpha value is -5.70. The van der Waals surface area contributed by atoms with E-state index in [4.69, 9.17) is 10.3 Å². The average Bonchev–Trinajstić information content (AvgIpc) is 3.40. The smallest absolute Gasteiger partial charge is 0.291 e. The summed E-state index contributed by atoms with van der Waals surface area (Å²) in [5, 5.41) is 12.4. The van der Waals surface area contributed by atoms with E-state index in [0.717, 1.165) is 4.74 Å². The number of carbonyl (C=O) groups excluding carboxylic acids is 2. The van der Waals surface area contributed by atoms with Gasteiger partial charge >= 0.3 is 0 Å². The molecule has 0 spiro atoms. The van der Waals surface area contributed by atoms with Crippen molar-refractivity contribution in [3.8, 4) is 22.9 Å². The van der Waals surface area contributed by atoms with E-state index in [1.807, 2.05) is 13.0 Å². The first-order chi connectivity index (χ1) is 19.1. The number of rotatable bonds is 6. The third-order valence-electron chi connectivity index (χ3n) is 6.42. The molecule has 3 heterocycles. The second-order valence-corrected chi connectivity index (χ2v) is 9.00. The third kappa shape index (κ3) is 4.25. The summed E-state index contributed by atoms with van der Waals surface area (Å²) in [5.74, 6) is -1.31. The molecule has 3 N–H and O–H groups in total. The van der Waals surface area contributed by atoms with E-state index < -0.39 is 17.4 Å². The molecular formula is C28H23N7O5.